The number of hydrogen-bond donors (Lipinski definition) is 4. The zero-order chi connectivity index (χ0) is 6.62. The van der Waals surface area contributed by atoms with Gasteiger partial charge in [-0.05, 0) is 0 Å². The molecule has 0 aromatic rings. The lowest BCUT2D eigenvalue weighted by molar-refractivity contribution is 0.214. The van der Waals surface area contributed by atoms with E-state index in [2.05, 4.69) is 4.52 Å². The summed E-state index contributed by atoms with van der Waals surface area (Å²) in [6, 6.07) is 0. The Morgan fingerprint density at radius 3 is 2.00 bits per heavy atom. The molecule has 0 saturated carbocycles. The van der Waals surface area contributed by atoms with Gasteiger partial charge in [0.15, 0.2) is 6.26 Å². The van der Waals surface area contributed by atoms with Crippen LogP contribution in [0.3, 0.4) is 0 Å². The first-order chi connectivity index (χ1) is 3.56. The van der Waals surface area contributed by atoms with Crippen molar-refractivity contribution in [1.82, 2.24) is 0 Å². The second kappa shape index (κ2) is 2.84. The first kappa shape index (κ1) is 7.65. The number of nitrogens with two attached hydrogens (primary N) is 1. The highest BCUT2D eigenvalue weighted by atomic mass is 31.2. The van der Waals surface area contributed by atoms with Gasteiger partial charge < -0.3 is 5.73 Å². The van der Waals surface area contributed by atoms with Crippen LogP contribution in [0.5, 0.6) is 0 Å². The maximum Gasteiger partial charge on any atom is 0.613 e. The molecule has 0 heterocycles. The predicted octanol–water partition coefficient (Wildman–Crippen LogP) is -0.913. The molecule has 0 aromatic carbocycles. The highest BCUT2D eigenvalue weighted by molar-refractivity contribution is 7.53. The van der Waals surface area contributed by atoms with Crippen molar-refractivity contribution in [3.63, 3.8) is 0 Å². The first-order valence-corrected chi connectivity index (χ1v) is 3.25. The van der Waals surface area contributed by atoms with Crippen molar-refractivity contribution in [2.24, 2.45) is 5.73 Å². The van der Waals surface area contributed by atoms with E-state index in [1.54, 1.807) is 0 Å². The summed E-state index contributed by atoms with van der Waals surface area (Å²) in [5.74, 6) is 0. The number of rotatable bonds is 2. The molecule has 0 saturated heterocycles. The van der Waals surface area contributed by atoms with E-state index in [1.165, 1.54) is 0 Å². The molecule has 0 aromatic heterocycles. The Labute approximate surface area is 46.7 Å². The van der Waals surface area contributed by atoms with Crippen molar-refractivity contribution in [1.29, 1.82) is 0 Å². The van der Waals surface area contributed by atoms with Gasteiger partial charge in [-0.3, -0.25) is 4.52 Å². The van der Waals surface area contributed by atoms with E-state index in [0.717, 1.165) is 12.5 Å². The fourth-order valence-electron chi connectivity index (χ4n) is 0.117. The second-order valence-electron chi connectivity index (χ2n) is 0.947. The topological polar surface area (TPSA) is 95.9 Å². The molecule has 8 heavy (non-hydrogen) atoms. The zero-order valence-corrected chi connectivity index (χ0v) is 4.82. The van der Waals surface area contributed by atoms with Crippen LogP contribution in [0.1, 0.15) is 0 Å². The molecule has 0 aliphatic rings. The second-order valence-corrected chi connectivity index (χ2v) is 2.18. The van der Waals surface area contributed by atoms with Crippen LogP contribution in [-0.2, 0) is 4.52 Å². The zero-order valence-electron chi connectivity index (χ0n) is 3.93. The van der Waals surface area contributed by atoms with Crippen molar-refractivity contribution in [3.8, 4) is 0 Å². The Morgan fingerprint density at radius 2 is 1.88 bits per heavy atom. The summed E-state index contributed by atoms with van der Waals surface area (Å²) in [4.78, 5) is 24.1. The Kier molecular flexibility index (Phi) is 2.71. The Morgan fingerprint density at radius 1 is 1.38 bits per heavy atom. The lowest BCUT2D eigenvalue weighted by Crippen LogP contribution is -1.89. The first-order valence-electron chi connectivity index (χ1n) is 1.68. The minimum Gasteiger partial charge on any atom is -0.402 e. The Hall–Kier alpha value is -0.350. The SMILES string of the molecule is N/C=C/O[P+](O)(O)O. The molecular weight excluding hydrogens is 133 g/mol. The van der Waals surface area contributed by atoms with E-state index < -0.39 is 8.17 Å². The third-order valence-corrected chi connectivity index (χ3v) is 0.685. The van der Waals surface area contributed by atoms with Crippen LogP contribution < -0.4 is 5.73 Å². The summed E-state index contributed by atoms with van der Waals surface area (Å²) in [7, 11) is -4.10. The largest absolute Gasteiger partial charge is 0.613 e. The molecule has 0 fully saturated rings. The van der Waals surface area contributed by atoms with E-state index in [0.29, 0.717) is 0 Å². The Balaban J connectivity index is 3.39. The average Bonchev–Trinajstić information content (AvgIpc) is 1.59. The summed E-state index contributed by atoms with van der Waals surface area (Å²) in [6.45, 7) is 0. The van der Waals surface area contributed by atoms with Crippen LogP contribution in [0, 0.1) is 0 Å². The predicted molar refractivity (Wildman–Crippen MR) is 28.0 cm³/mol. The molecule has 0 radical (unpaired) electrons. The van der Waals surface area contributed by atoms with Crippen LogP contribution in [-0.4, -0.2) is 14.7 Å². The summed E-state index contributed by atoms with van der Waals surface area (Å²) in [5.41, 5.74) is 4.71. The van der Waals surface area contributed by atoms with Gasteiger partial charge in [-0.1, -0.05) is 0 Å². The monoisotopic (exact) mass is 140 g/mol. The molecule has 6 heteroatoms. The molecule has 0 spiro atoms. The van der Waals surface area contributed by atoms with E-state index >= 15 is 0 Å². The molecule has 0 bridgehead atoms. The van der Waals surface area contributed by atoms with E-state index in [-0.39, 0.29) is 0 Å². The third-order valence-electron chi connectivity index (χ3n) is 0.281. The lowest BCUT2D eigenvalue weighted by atomic mass is 11.0. The highest BCUT2D eigenvalue weighted by Gasteiger charge is 2.32. The van der Waals surface area contributed by atoms with Crippen molar-refractivity contribution in [3.05, 3.63) is 12.5 Å². The minimum absolute atomic E-state index is 0.785. The van der Waals surface area contributed by atoms with Crippen LogP contribution in [0.4, 0.5) is 0 Å². The highest BCUT2D eigenvalue weighted by Crippen LogP contribution is 2.45. The van der Waals surface area contributed by atoms with Gasteiger partial charge >= 0.3 is 8.17 Å². The van der Waals surface area contributed by atoms with Gasteiger partial charge in [0, 0.05) is 6.20 Å². The lowest BCUT2D eigenvalue weighted by Gasteiger charge is -1.95. The van der Waals surface area contributed by atoms with Crippen LogP contribution in [0.15, 0.2) is 12.5 Å². The quantitative estimate of drug-likeness (QED) is 0.294. The summed E-state index contributed by atoms with van der Waals surface area (Å²) >= 11 is 0. The summed E-state index contributed by atoms with van der Waals surface area (Å²) in [6.07, 6.45) is 1.71. The Bertz CT molecular complexity index is 86.5. The molecule has 0 rings (SSSR count). The van der Waals surface area contributed by atoms with Crippen molar-refractivity contribution in [2.45, 2.75) is 0 Å². The van der Waals surface area contributed by atoms with E-state index in [9.17, 15) is 0 Å². The van der Waals surface area contributed by atoms with Crippen LogP contribution in [0.25, 0.3) is 0 Å². The van der Waals surface area contributed by atoms with Gasteiger partial charge in [0.25, 0.3) is 0 Å². The maximum absolute atomic E-state index is 8.04. The molecule has 48 valence electrons. The minimum atomic E-state index is -4.10. The van der Waals surface area contributed by atoms with Gasteiger partial charge in [0.05, 0.1) is 0 Å². The van der Waals surface area contributed by atoms with Crippen LogP contribution >= 0.6 is 8.17 Å². The molecule has 5 nitrogen and oxygen atoms in total. The third kappa shape index (κ3) is 5.65. The van der Waals surface area contributed by atoms with Crippen LogP contribution in [0.2, 0.25) is 0 Å². The van der Waals surface area contributed by atoms with Gasteiger partial charge in [-0.15, -0.1) is 0 Å². The van der Waals surface area contributed by atoms with Crippen molar-refractivity contribution < 1.29 is 19.2 Å². The summed E-state index contributed by atoms with van der Waals surface area (Å²) in [5, 5.41) is 0. The van der Waals surface area contributed by atoms with Gasteiger partial charge in [-0.25, -0.2) is 0 Å². The molecule has 0 aliphatic carbocycles. The van der Waals surface area contributed by atoms with Gasteiger partial charge in [0.1, 0.15) is 0 Å². The standard InChI is InChI=1S/C2H7NO4P/c3-1-2-7-8(4,5)6/h1-2,4-6H,3H2/q+1/b2-1+. The molecular formula is C2H7NO4P+. The fraction of sp³-hybridized carbons (Fsp3) is 0. The maximum atomic E-state index is 8.04. The fourth-order valence-corrected chi connectivity index (χ4v) is 0.350. The molecule has 5 N–H and O–H groups in total. The molecule has 0 unspecified atom stereocenters. The van der Waals surface area contributed by atoms with Gasteiger partial charge in [0.2, 0.25) is 0 Å². The van der Waals surface area contributed by atoms with E-state index in [4.69, 9.17) is 20.4 Å². The smallest absolute Gasteiger partial charge is 0.402 e. The van der Waals surface area contributed by atoms with Crippen molar-refractivity contribution in [2.75, 3.05) is 0 Å². The number of hydrogen-bond acceptors (Lipinski definition) is 5. The van der Waals surface area contributed by atoms with E-state index in [1.807, 2.05) is 0 Å². The average molecular weight is 140 g/mol. The van der Waals surface area contributed by atoms with Gasteiger partial charge in [-0.2, -0.15) is 14.7 Å². The van der Waals surface area contributed by atoms with Crippen molar-refractivity contribution >= 4 is 8.17 Å². The normalized spacial score (nSPS) is 12.4. The molecule has 0 amide bonds. The molecule has 0 aliphatic heterocycles. The molecule has 0 atom stereocenters. The summed E-state index contributed by atoms with van der Waals surface area (Å²) < 4.78 is 3.85.